The van der Waals surface area contributed by atoms with Gasteiger partial charge < -0.3 is 9.47 Å². The van der Waals surface area contributed by atoms with Crippen LogP contribution in [-0.2, 0) is 15.9 Å². The van der Waals surface area contributed by atoms with Crippen molar-refractivity contribution in [2.45, 2.75) is 6.42 Å². The van der Waals surface area contributed by atoms with E-state index in [1.54, 1.807) is 23.7 Å². The molecule has 0 unspecified atom stereocenters. The van der Waals surface area contributed by atoms with Gasteiger partial charge in [0.25, 0.3) is 0 Å². The van der Waals surface area contributed by atoms with Crippen molar-refractivity contribution in [2.75, 3.05) is 19.8 Å². The van der Waals surface area contributed by atoms with Crippen molar-refractivity contribution >= 4 is 54.9 Å². The molecule has 0 spiro atoms. The predicted octanol–water partition coefficient (Wildman–Crippen LogP) is 5.80. The summed E-state index contributed by atoms with van der Waals surface area (Å²) in [5.74, 6) is -0.813. The zero-order valence-corrected chi connectivity index (χ0v) is 17.9. The Morgan fingerprint density at radius 1 is 1.36 bits per heavy atom. The minimum atomic E-state index is -0.504. The zero-order chi connectivity index (χ0) is 20.1. The Morgan fingerprint density at radius 2 is 2.18 bits per heavy atom. The maximum atomic E-state index is 15.2. The fourth-order valence-corrected chi connectivity index (χ4v) is 4.16. The molecule has 0 saturated carbocycles. The Bertz CT molecular complexity index is 1020. The summed E-state index contributed by atoms with van der Waals surface area (Å²) in [5.41, 5.74) is 3.07. The minimum absolute atomic E-state index is 0.173. The van der Waals surface area contributed by atoms with Crippen LogP contribution >= 0.6 is 38.9 Å². The van der Waals surface area contributed by atoms with E-state index in [2.05, 4.69) is 27.5 Å². The quantitative estimate of drug-likeness (QED) is 0.219. The summed E-state index contributed by atoms with van der Waals surface area (Å²) in [6.45, 7) is 3.78. The molecule has 0 fully saturated rings. The minimum Gasteiger partial charge on any atom is -0.499 e. The number of carbonyl (C=O) groups excluding carboxylic acids is 1. The molecule has 1 aromatic heterocycles. The SMILES string of the molecule is C=COCCOCC(=O)c1cc2scnc2c(F)c1Cc1ccc(Br)cc1Cl. The lowest BCUT2D eigenvalue weighted by atomic mass is 9.96. The van der Waals surface area contributed by atoms with E-state index in [9.17, 15) is 4.79 Å². The van der Waals surface area contributed by atoms with Gasteiger partial charge in [0.1, 0.15) is 18.7 Å². The molecule has 4 nitrogen and oxygen atoms in total. The number of fused-ring (bicyclic) bond motifs is 1. The number of carbonyl (C=O) groups is 1. The molecule has 3 rings (SSSR count). The van der Waals surface area contributed by atoms with E-state index >= 15 is 4.39 Å². The summed E-state index contributed by atoms with van der Waals surface area (Å²) in [5, 5.41) is 0.489. The van der Waals surface area contributed by atoms with Gasteiger partial charge in [-0.15, -0.1) is 11.3 Å². The predicted molar refractivity (Wildman–Crippen MR) is 113 cm³/mol. The van der Waals surface area contributed by atoms with Gasteiger partial charge in [0.15, 0.2) is 11.6 Å². The van der Waals surface area contributed by atoms with Crippen LogP contribution in [0.2, 0.25) is 5.02 Å². The van der Waals surface area contributed by atoms with Crippen molar-refractivity contribution < 1.29 is 18.7 Å². The first kappa shape index (κ1) is 20.9. The van der Waals surface area contributed by atoms with Gasteiger partial charge >= 0.3 is 0 Å². The fraction of sp³-hybridized carbons (Fsp3) is 0.200. The van der Waals surface area contributed by atoms with Gasteiger partial charge in [-0.3, -0.25) is 4.79 Å². The number of nitrogens with zero attached hydrogens (tertiary/aromatic N) is 1. The molecular weight excluding hydrogens is 469 g/mol. The highest BCUT2D eigenvalue weighted by atomic mass is 79.9. The molecular formula is C20H16BrClFNO3S. The number of hydrogen-bond acceptors (Lipinski definition) is 5. The molecule has 2 aromatic carbocycles. The molecule has 1 heterocycles. The Labute approximate surface area is 179 Å². The highest BCUT2D eigenvalue weighted by Crippen LogP contribution is 2.31. The number of Topliss-reactive ketones (excluding diaryl/α,β-unsaturated/α-hetero) is 1. The molecule has 0 radical (unpaired) electrons. The third-order valence-corrected chi connectivity index (χ3v) is 5.67. The summed E-state index contributed by atoms with van der Waals surface area (Å²) < 4.78 is 26.9. The first-order chi connectivity index (χ1) is 13.5. The van der Waals surface area contributed by atoms with Gasteiger partial charge in [0.2, 0.25) is 0 Å². The molecule has 3 aromatic rings. The van der Waals surface area contributed by atoms with E-state index in [0.29, 0.717) is 21.9 Å². The highest BCUT2D eigenvalue weighted by molar-refractivity contribution is 9.10. The van der Waals surface area contributed by atoms with Crippen LogP contribution in [-0.4, -0.2) is 30.6 Å². The smallest absolute Gasteiger partial charge is 0.188 e. The van der Waals surface area contributed by atoms with Crippen LogP contribution < -0.4 is 0 Å². The lowest BCUT2D eigenvalue weighted by molar-refractivity contribution is 0.0638. The van der Waals surface area contributed by atoms with Crippen LogP contribution in [0.4, 0.5) is 4.39 Å². The third kappa shape index (κ3) is 4.78. The van der Waals surface area contributed by atoms with Crippen molar-refractivity contribution in [1.29, 1.82) is 0 Å². The standard InChI is InChI=1S/C20H16BrClFNO3S/c1-2-26-5-6-27-10-17(25)14-9-18-20(24-11-28-18)19(23)15(14)7-12-3-4-13(21)8-16(12)22/h2-4,8-9,11H,1,5-7,10H2. The molecule has 0 aliphatic carbocycles. The number of ether oxygens (including phenoxy) is 2. The summed E-state index contributed by atoms with van der Waals surface area (Å²) >= 11 is 10.9. The molecule has 0 aliphatic rings. The number of thiazole rings is 1. The van der Waals surface area contributed by atoms with Gasteiger partial charge in [0, 0.05) is 27.0 Å². The second-order valence-electron chi connectivity index (χ2n) is 5.84. The molecule has 0 atom stereocenters. The maximum absolute atomic E-state index is 15.2. The third-order valence-electron chi connectivity index (χ3n) is 4.05. The number of rotatable bonds is 9. The van der Waals surface area contributed by atoms with Crippen molar-refractivity contribution in [3.63, 3.8) is 0 Å². The number of halogens is 3. The van der Waals surface area contributed by atoms with Crippen LogP contribution in [0.5, 0.6) is 0 Å². The Hall–Kier alpha value is -1.80. The second kappa shape index (κ2) is 9.60. The number of benzene rings is 2. The first-order valence-electron chi connectivity index (χ1n) is 8.33. The van der Waals surface area contributed by atoms with Crippen LogP contribution in [0.15, 0.2) is 47.1 Å². The molecule has 0 amide bonds. The molecule has 0 bridgehead atoms. The number of aromatic nitrogens is 1. The fourth-order valence-electron chi connectivity index (χ4n) is 2.71. The normalized spacial score (nSPS) is 11.0. The molecule has 28 heavy (non-hydrogen) atoms. The van der Waals surface area contributed by atoms with Crippen molar-refractivity contribution in [1.82, 2.24) is 4.98 Å². The molecule has 8 heteroatoms. The maximum Gasteiger partial charge on any atom is 0.188 e. The summed E-state index contributed by atoms with van der Waals surface area (Å²) in [6.07, 6.45) is 1.48. The summed E-state index contributed by atoms with van der Waals surface area (Å²) in [4.78, 5) is 16.8. The second-order valence-corrected chi connectivity index (χ2v) is 8.05. The van der Waals surface area contributed by atoms with Crippen LogP contribution in [0.1, 0.15) is 21.5 Å². The van der Waals surface area contributed by atoms with Gasteiger partial charge in [-0.1, -0.05) is 40.2 Å². The number of hydrogen-bond donors (Lipinski definition) is 0. The van der Waals surface area contributed by atoms with Crippen molar-refractivity contribution in [3.05, 3.63) is 74.6 Å². The summed E-state index contributed by atoms with van der Waals surface area (Å²) in [7, 11) is 0. The van der Waals surface area contributed by atoms with Gasteiger partial charge in [-0.25, -0.2) is 9.37 Å². The van der Waals surface area contributed by atoms with E-state index in [4.69, 9.17) is 21.1 Å². The average molecular weight is 485 g/mol. The number of ketones is 1. The van der Waals surface area contributed by atoms with Crippen molar-refractivity contribution in [2.24, 2.45) is 0 Å². The lowest BCUT2D eigenvalue weighted by Crippen LogP contribution is -2.15. The van der Waals surface area contributed by atoms with E-state index in [1.165, 1.54) is 17.6 Å². The lowest BCUT2D eigenvalue weighted by Gasteiger charge is -2.12. The molecule has 0 aliphatic heterocycles. The Balaban J connectivity index is 1.92. The van der Waals surface area contributed by atoms with Gasteiger partial charge in [-0.05, 0) is 23.8 Å². The van der Waals surface area contributed by atoms with E-state index in [-0.39, 0.29) is 42.1 Å². The summed E-state index contributed by atoms with van der Waals surface area (Å²) in [6, 6.07) is 7.03. The molecule has 0 saturated heterocycles. The Morgan fingerprint density at radius 3 is 2.93 bits per heavy atom. The topological polar surface area (TPSA) is 48.4 Å². The highest BCUT2D eigenvalue weighted by Gasteiger charge is 2.21. The largest absolute Gasteiger partial charge is 0.499 e. The first-order valence-corrected chi connectivity index (χ1v) is 10.4. The van der Waals surface area contributed by atoms with Crippen LogP contribution in [0.3, 0.4) is 0 Å². The molecule has 146 valence electrons. The molecule has 0 N–H and O–H groups in total. The van der Waals surface area contributed by atoms with Crippen molar-refractivity contribution in [3.8, 4) is 0 Å². The van der Waals surface area contributed by atoms with Crippen LogP contribution in [0.25, 0.3) is 10.2 Å². The van der Waals surface area contributed by atoms with E-state index in [0.717, 1.165) is 4.47 Å². The van der Waals surface area contributed by atoms with E-state index in [1.807, 2.05) is 6.07 Å². The average Bonchev–Trinajstić information content (AvgIpc) is 3.14. The Kier molecular flexibility index (Phi) is 7.18. The zero-order valence-electron chi connectivity index (χ0n) is 14.7. The van der Waals surface area contributed by atoms with Crippen LogP contribution in [0, 0.1) is 5.82 Å². The van der Waals surface area contributed by atoms with E-state index < -0.39 is 5.82 Å². The van der Waals surface area contributed by atoms with Gasteiger partial charge in [-0.2, -0.15) is 0 Å². The van der Waals surface area contributed by atoms with Gasteiger partial charge in [0.05, 0.1) is 23.1 Å². The monoisotopic (exact) mass is 483 g/mol.